The molecule has 0 spiro atoms. The highest BCUT2D eigenvalue weighted by atomic mass is 32.2. The molecule has 0 bridgehead atoms. The van der Waals surface area contributed by atoms with Crippen molar-refractivity contribution in [2.75, 3.05) is 13.1 Å². The van der Waals surface area contributed by atoms with Crippen LogP contribution in [0.3, 0.4) is 0 Å². The van der Waals surface area contributed by atoms with Gasteiger partial charge in [0.2, 0.25) is 0 Å². The highest BCUT2D eigenvalue weighted by Crippen LogP contribution is 2.23. The lowest BCUT2D eigenvalue weighted by Gasteiger charge is -2.08. The highest BCUT2D eigenvalue weighted by molar-refractivity contribution is 7.87. The minimum atomic E-state index is -3.22. The third-order valence-corrected chi connectivity index (χ3v) is 4.92. The van der Waals surface area contributed by atoms with E-state index in [-0.39, 0.29) is 0 Å². The van der Waals surface area contributed by atoms with Gasteiger partial charge >= 0.3 is 0 Å². The van der Waals surface area contributed by atoms with Gasteiger partial charge in [0, 0.05) is 19.6 Å². The van der Waals surface area contributed by atoms with Crippen molar-refractivity contribution < 1.29 is 8.42 Å². The Hall–Kier alpha value is -0.910. The van der Waals surface area contributed by atoms with Gasteiger partial charge in [0.05, 0.1) is 0 Å². The Bertz CT molecular complexity index is 535. The van der Waals surface area contributed by atoms with Crippen LogP contribution in [0.2, 0.25) is 0 Å². The van der Waals surface area contributed by atoms with E-state index < -0.39 is 10.2 Å². The minimum Gasteiger partial charge on any atom is -0.198 e. The first-order valence-electron chi connectivity index (χ1n) is 6.00. The van der Waals surface area contributed by atoms with Crippen LogP contribution in [0.4, 0.5) is 0 Å². The van der Waals surface area contributed by atoms with E-state index in [0.29, 0.717) is 19.6 Å². The first-order chi connectivity index (χ1) is 8.15. The molecule has 5 heteroatoms. The van der Waals surface area contributed by atoms with Gasteiger partial charge in [-0.25, -0.2) is 0 Å². The summed E-state index contributed by atoms with van der Waals surface area (Å²) in [5.74, 6) is 0. The summed E-state index contributed by atoms with van der Waals surface area (Å²) in [4.78, 5) is 0. The van der Waals surface area contributed by atoms with E-state index in [2.05, 4.69) is 16.9 Å². The van der Waals surface area contributed by atoms with E-state index in [1.807, 2.05) is 6.07 Å². The zero-order valence-corrected chi connectivity index (χ0v) is 10.5. The number of hydrogen-bond acceptors (Lipinski definition) is 2. The molecular weight excluding hydrogens is 236 g/mol. The van der Waals surface area contributed by atoms with Crippen LogP contribution >= 0.6 is 0 Å². The SMILES string of the molecule is O=S(=O)(NCc1ccc2c(c1)CCC2)N1CC1. The molecule has 92 valence electrons. The molecule has 17 heavy (non-hydrogen) atoms. The molecule has 0 aromatic heterocycles. The van der Waals surface area contributed by atoms with Crippen molar-refractivity contribution in [3.05, 3.63) is 34.9 Å². The Morgan fingerprint density at radius 1 is 1.18 bits per heavy atom. The second kappa shape index (κ2) is 4.08. The van der Waals surface area contributed by atoms with Gasteiger partial charge in [-0.1, -0.05) is 18.2 Å². The molecule has 1 N–H and O–H groups in total. The summed E-state index contributed by atoms with van der Waals surface area (Å²) in [7, 11) is -3.22. The predicted molar refractivity (Wildman–Crippen MR) is 65.8 cm³/mol. The van der Waals surface area contributed by atoms with Crippen molar-refractivity contribution >= 4 is 10.2 Å². The summed E-state index contributed by atoms with van der Waals surface area (Å²) < 4.78 is 27.3. The minimum absolute atomic E-state index is 0.395. The maximum absolute atomic E-state index is 11.6. The number of benzene rings is 1. The molecule has 3 rings (SSSR count). The maximum atomic E-state index is 11.6. The van der Waals surface area contributed by atoms with Gasteiger partial charge in [-0.3, -0.25) is 0 Å². The van der Waals surface area contributed by atoms with Crippen molar-refractivity contribution in [2.24, 2.45) is 0 Å². The third kappa shape index (κ3) is 2.36. The van der Waals surface area contributed by atoms with Crippen molar-refractivity contribution in [1.29, 1.82) is 0 Å². The normalized spacial score (nSPS) is 19.3. The zero-order chi connectivity index (χ0) is 11.9. The van der Waals surface area contributed by atoms with Crippen LogP contribution < -0.4 is 4.72 Å². The number of hydrogen-bond donors (Lipinski definition) is 1. The summed E-state index contributed by atoms with van der Waals surface area (Å²) in [6.07, 6.45) is 3.51. The fraction of sp³-hybridized carbons (Fsp3) is 0.500. The van der Waals surface area contributed by atoms with Crippen LogP contribution in [0.5, 0.6) is 0 Å². The van der Waals surface area contributed by atoms with Crippen molar-refractivity contribution in [3.8, 4) is 0 Å². The van der Waals surface area contributed by atoms with E-state index in [0.717, 1.165) is 18.4 Å². The molecule has 1 fully saturated rings. The first kappa shape index (κ1) is 11.2. The number of rotatable bonds is 4. The molecule has 0 amide bonds. The molecule has 0 saturated carbocycles. The van der Waals surface area contributed by atoms with Crippen LogP contribution in [0.1, 0.15) is 23.1 Å². The molecule has 1 aromatic carbocycles. The average Bonchev–Trinajstić information content (AvgIpc) is 3.07. The molecule has 1 aliphatic carbocycles. The summed E-state index contributed by atoms with van der Waals surface area (Å²) in [5.41, 5.74) is 3.85. The second-order valence-corrected chi connectivity index (χ2v) is 6.44. The van der Waals surface area contributed by atoms with Gasteiger partial charge in [-0.05, 0) is 36.0 Å². The smallest absolute Gasteiger partial charge is 0.198 e. The summed E-state index contributed by atoms with van der Waals surface area (Å²) in [6, 6.07) is 6.28. The fourth-order valence-electron chi connectivity index (χ4n) is 2.28. The quantitative estimate of drug-likeness (QED) is 0.807. The molecule has 2 aliphatic rings. The lowest BCUT2D eigenvalue weighted by atomic mass is 10.1. The number of fused-ring (bicyclic) bond motifs is 1. The summed E-state index contributed by atoms with van der Waals surface area (Å²) >= 11 is 0. The average molecular weight is 252 g/mol. The Kier molecular flexibility index (Phi) is 2.69. The van der Waals surface area contributed by atoms with Crippen LogP contribution in [0.25, 0.3) is 0 Å². The van der Waals surface area contributed by atoms with Crippen molar-refractivity contribution in [3.63, 3.8) is 0 Å². The van der Waals surface area contributed by atoms with Crippen molar-refractivity contribution in [1.82, 2.24) is 9.03 Å². The van der Waals surface area contributed by atoms with E-state index in [1.54, 1.807) is 0 Å². The third-order valence-electron chi connectivity index (χ3n) is 3.37. The van der Waals surface area contributed by atoms with Crippen LogP contribution in [-0.2, 0) is 29.6 Å². The molecular formula is C12H16N2O2S. The standard InChI is InChI=1S/C12H16N2O2S/c15-17(16,14-6-7-14)13-9-10-4-5-11-2-1-3-12(11)8-10/h4-5,8,13H,1-3,6-7,9H2. The summed E-state index contributed by atoms with van der Waals surface area (Å²) in [5, 5.41) is 0. The van der Waals surface area contributed by atoms with E-state index in [4.69, 9.17) is 0 Å². The topological polar surface area (TPSA) is 49.2 Å². The monoisotopic (exact) mass is 252 g/mol. The predicted octanol–water partition coefficient (Wildman–Crippen LogP) is 0.825. The Morgan fingerprint density at radius 2 is 1.94 bits per heavy atom. The largest absolute Gasteiger partial charge is 0.279 e. The van der Waals surface area contributed by atoms with Gasteiger partial charge < -0.3 is 0 Å². The van der Waals surface area contributed by atoms with Gasteiger partial charge in [0.25, 0.3) is 10.2 Å². The first-order valence-corrected chi connectivity index (χ1v) is 7.44. The Labute approximate surface area is 102 Å². The lowest BCUT2D eigenvalue weighted by Crippen LogP contribution is -2.29. The lowest BCUT2D eigenvalue weighted by molar-refractivity contribution is 0.546. The second-order valence-electron chi connectivity index (χ2n) is 4.68. The van der Waals surface area contributed by atoms with E-state index >= 15 is 0 Å². The van der Waals surface area contributed by atoms with Crippen LogP contribution in [0, 0.1) is 0 Å². The summed E-state index contributed by atoms with van der Waals surface area (Å²) in [6.45, 7) is 1.70. The fourth-order valence-corrected chi connectivity index (χ4v) is 3.38. The molecule has 0 radical (unpaired) electrons. The molecule has 4 nitrogen and oxygen atoms in total. The number of aryl methyl sites for hydroxylation is 2. The van der Waals surface area contributed by atoms with Gasteiger partial charge in [0.1, 0.15) is 0 Å². The molecule has 1 aromatic rings. The zero-order valence-electron chi connectivity index (χ0n) is 9.65. The number of nitrogens with zero attached hydrogens (tertiary/aromatic N) is 1. The Morgan fingerprint density at radius 3 is 2.71 bits per heavy atom. The van der Waals surface area contributed by atoms with Crippen LogP contribution in [0.15, 0.2) is 18.2 Å². The molecule has 0 atom stereocenters. The van der Waals surface area contributed by atoms with E-state index in [9.17, 15) is 8.42 Å². The highest BCUT2D eigenvalue weighted by Gasteiger charge is 2.31. The van der Waals surface area contributed by atoms with Gasteiger partial charge in [-0.15, -0.1) is 0 Å². The van der Waals surface area contributed by atoms with E-state index in [1.165, 1.54) is 21.9 Å². The van der Waals surface area contributed by atoms with Crippen molar-refractivity contribution in [2.45, 2.75) is 25.8 Å². The van der Waals surface area contributed by atoms with Crippen LogP contribution in [-0.4, -0.2) is 25.8 Å². The molecule has 0 unspecified atom stereocenters. The maximum Gasteiger partial charge on any atom is 0.279 e. The van der Waals surface area contributed by atoms with Gasteiger partial charge in [0.15, 0.2) is 0 Å². The Balaban J connectivity index is 1.69. The van der Waals surface area contributed by atoms with Gasteiger partial charge in [-0.2, -0.15) is 17.4 Å². The molecule has 1 heterocycles. The molecule has 1 aliphatic heterocycles. The molecule has 1 saturated heterocycles. The number of nitrogens with one attached hydrogen (secondary N) is 1.